The Morgan fingerprint density at radius 3 is 2.44 bits per heavy atom. The molecule has 0 bridgehead atoms. The van der Waals surface area contributed by atoms with E-state index >= 15 is 0 Å². The Morgan fingerprint density at radius 1 is 1.00 bits per heavy atom. The third kappa shape index (κ3) is 5.45. The van der Waals surface area contributed by atoms with Crippen molar-refractivity contribution in [1.29, 1.82) is 0 Å². The summed E-state index contributed by atoms with van der Waals surface area (Å²) in [5.74, 6) is -0.535. The molecular weight excluding hydrogens is 406 g/mol. The van der Waals surface area contributed by atoms with Crippen molar-refractivity contribution in [2.75, 3.05) is 39.8 Å². The van der Waals surface area contributed by atoms with Gasteiger partial charge in [-0.25, -0.2) is 8.78 Å². The van der Waals surface area contributed by atoms with E-state index in [1.54, 1.807) is 24.3 Å². The van der Waals surface area contributed by atoms with Gasteiger partial charge in [0.05, 0.1) is 5.60 Å². The quantitative estimate of drug-likeness (QED) is 0.679. The number of halogens is 2. The molecule has 0 radical (unpaired) electrons. The molecule has 2 atom stereocenters. The zero-order valence-electron chi connectivity index (χ0n) is 18.9. The van der Waals surface area contributed by atoms with Gasteiger partial charge in [0.15, 0.2) is 0 Å². The SMILES string of the molecule is CN1CCN(CC2CCCC/C(=C/c3ccc(F)cc3)C2(O)Cc2ccccc2F)CC1. The van der Waals surface area contributed by atoms with Gasteiger partial charge in [-0.15, -0.1) is 0 Å². The molecule has 0 aromatic heterocycles. The van der Waals surface area contributed by atoms with Crippen LogP contribution in [0.1, 0.15) is 36.8 Å². The number of rotatable bonds is 5. The lowest BCUT2D eigenvalue weighted by Gasteiger charge is -2.42. The molecule has 1 saturated carbocycles. The summed E-state index contributed by atoms with van der Waals surface area (Å²) in [5.41, 5.74) is 1.21. The fraction of sp³-hybridized carbons (Fsp3) is 0.481. The van der Waals surface area contributed by atoms with E-state index in [4.69, 9.17) is 0 Å². The highest BCUT2D eigenvalue weighted by Gasteiger charge is 2.42. The molecule has 0 amide bonds. The molecule has 1 aliphatic carbocycles. The summed E-state index contributed by atoms with van der Waals surface area (Å²) in [7, 11) is 2.14. The maximum Gasteiger partial charge on any atom is 0.126 e. The molecule has 5 heteroatoms. The molecule has 2 aromatic carbocycles. The van der Waals surface area contributed by atoms with E-state index in [1.165, 1.54) is 18.2 Å². The predicted octanol–water partition coefficient (Wildman–Crippen LogP) is 4.76. The van der Waals surface area contributed by atoms with Gasteiger partial charge in [0.2, 0.25) is 0 Å². The fourth-order valence-corrected chi connectivity index (χ4v) is 5.16. The summed E-state index contributed by atoms with van der Waals surface area (Å²) in [6, 6.07) is 13.1. The van der Waals surface area contributed by atoms with Crippen LogP contribution in [0.25, 0.3) is 6.08 Å². The Bertz CT molecular complexity index is 922. The molecule has 2 aliphatic rings. The zero-order chi connectivity index (χ0) is 22.6. The van der Waals surface area contributed by atoms with Crippen LogP contribution in [-0.4, -0.2) is 60.3 Å². The van der Waals surface area contributed by atoms with Crippen molar-refractivity contribution >= 4 is 6.08 Å². The number of likely N-dealkylation sites (N-methyl/N-ethyl adjacent to an activating group) is 1. The summed E-state index contributed by atoms with van der Waals surface area (Å²) in [6.07, 6.45) is 5.97. The van der Waals surface area contributed by atoms with Crippen molar-refractivity contribution < 1.29 is 13.9 Å². The largest absolute Gasteiger partial charge is 0.385 e. The summed E-state index contributed by atoms with van der Waals surface area (Å²) >= 11 is 0. The Hall–Kier alpha value is -2.08. The molecule has 172 valence electrons. The molecule has 0 spiro atoms. The van der Waals surface area contributed by atoms with Crippen molar-refractivity contribution in [1.82, 2.24) is 9.80 Å². The first-order chi connectivity index (χ1) is 15.4. The van der Waals surface area contributed by atoms with Crippen LogP contribution in [0.5, 0.6) is 0 Å². The minimum Gasteiger partial charge on any atom is -0.385 e. The Kier molecular flexibility index (Phi) is 7.39. The molecule has 1 N–H and O–H groups in total. The van der Waals surface area contributed by atoms with Gasteiger partial charge in [-0.3, -0.25) is 0 Å². The minimum atomic E-state index is -1.14. The smallest absolute Gasteiger partial charge is 0.126 e. The summed E-state index contributed by atoms with van der Waals surface area (Å²) in [4.78, 5) is 4.77. The number of benzene rings is 2. The number of piperazine rings is 1. The molecule has 32 heavy (non-hydrogen) atoms. The van der Waals surface area contributed by atoms with Crippen LogP contribution in [0.15, 0.2) is 54.1 Å². The number of aliphatic hydroxyl groups is 1. The molecule has 2 aromatic rings. The molecule has 1 heterocycles. The lowest BCUT2D eigenvalue weighted by atomic mass is 9.74. The van der Waals surface area contributed by atoms with Gasteiger partial charge in [-0.2, -0.15) is 0 Å². The third-order valence-corrected chi connectivity index (χ3v) is 7.18. The Morgan fingerprint density at radius 2 is 1.72 bits per heavy atom. The molecule has 1 aliphatic heterocycles. The van der Waals surface area contributed by atoms with Crippen LogP contribution in [0.3, 0.4) is 0 Å². The van der Waals surface area contributed by atoms with Crippen LogP contribution in [0.4, 0.5) is 8.78 Å². The van der Waals surface area contributed by atoms with Gasteiger partial charge >= 0.3 is 0 Å². The van der Waals surface area contributed by atoms with Crippen LogP contribution in [0, 0.1) is 17.6 Å². The van der Waals surface area contributed by atoms with Crippen molar-refractivity contribution in [3.05, 3.63) is 76.9 Å². The second-order valence-electron chi connectivity index (χ2n) is 9.46. The van der Waals surface area contributed by atoms with Crippen molar-refractivity contribution in [3.63, 3.8) is 0 Å². The lowest BCUT2D eigenvalue weighted by Crippen LogP contribution is -2.51. The van der Waals surface area contributed by atoms with Crippen molar-refractivity contribution in [2.45, 2.75) is 37.7 Å². The summed E-state index contributed by atoms with van der Waals surface area (Å²) in [6.45, 7) is 4.83. The van der Waals surface area contributed by atoms with Crippen LogP contribution < -0.4 is 0 Å². The topological polar surface area (TPSA) is 26.7 Å². The first-order valence-corrected chi connectivity index (χ1v) is 11.8. The molecule has 2 unspecified atom stereocenters. The van der Waals surface area contributed by atoms with Gasteiger partial charge in [0.1, 0.15) is 11.6 Å². The second-order valence-corrected chi connectivity index (χ2v) is 9.46. The standard InChI is InChI=1S/C27H34F2N2O/c1-30-14-16-31(17-15-30)20-24-8-4-3-7-23(18-21-10-12-25(28)13-11-21)27(24,32)19-22-6-2-5-9-26(22)29/h2,5-6,9-13,18,24,32H,3-4,7-8,14-17,19-20H2,1H3/b23-18-. The lowest BCUT2D eigenvalue weighted by molar-refractivity contribution is -0.00697. The normalized spacial score (nSPS) is 26.9. The summed E-state index contributed by atoms with van der Waals surface area (Å²) < 4.78 is 28.1. The maximum atomic E-state index is 14.7. The zero-order valence-corrected chi connectivity index (χ0v) is 18.9. The Labute approximate surface area is 190 Å². The predicted molar refractivity (Wildman–Crippen MR) is 125 cm³/mol. The fourth-order valence-electron chi connectivity index (χ4n) is 5.16. The minimum absolute atomic E-state index is 0.0136. The van der Waals surface area contributed by atoms with Crippen molar-refractivity contribution in [3.8, 4) is 0 Å². The Balaban J connectivity index is 1.69. The average Bonchev–Trinajstić information content (AvgIpc) is 2.92. The van der Waals surface area contributed by atoms with E-state index in [-0.39, 0.29) is 24.0 Å². The van der Waals surface area contributed by atoms with E-state index in [1.807, 2.05) is 12.1 Å². The van der Waals surface area contributed by atoms with Gasteiger partial charge in [0.25, 0.3) is 0 Å². The van der Waals surface area contributed by atoms with E-state index in [2.05, 4.69) is 16.8 Å². The highest BCUT2D eigenvalue weighted by atomic mass is 19.1. The molecular formula is C27H34F2N2O. The van der Waals surface area contributed by atoms with E-state index in [0.29, 0.717) is 5.56 Å². The second kappa shape index (κ2) is 10.2. The highest BCUT2D eigenvalue weighted by molar-refractivity contribution is 5.56. The number of nitrogens with zero attached hydrogens (tertiary/aromatic N) is 2. The van der Waals surface area contributed by atoms with Gasteiger partial charge in [-0.1, -0.05) is 42.8 Å². The molecule has 3 nitrogen and oxygen atoms in total. The van der Waals surface area contributed by atoms with Crippen LogP contribution in [0.2, 0.25) is 0 Å². The monoisotopic (exact) mass is 440 g/mol. The average molecular weight is 441 g/mol. The third-order valence-electron chi connectivity index (χ3n) is 7.18. The molecule has 2 fully saturated rings. The molecule has 1 saturated heterocycles. The summed E-state index contributed by atoms with van der Waals surface area (Å²) in [5, 5.41) is 12.3. The van der Waals surface area contributed by atoms with Gasteiger partial charge in [0, 0.05) is 45.1 Å². The van der Waals surface area contributed by atoms with E-state index in [9.17, 15) is 13.9 Å². The van der Waals surface area contributed by atoms with Gasteiger partial charge in [-0.05, 0) is 61.2 Å². The maximum absolute atomic E-state index is 14.7. The van der Waals surface area contributed by atoms with Crippen LogP contribution >= 0.6 is 0 Å². The first kappa shape index (κ1) is 23.1. The van der Waals surface area contributed by atoms with Crippen LogP contribution in [-0.2, 0) is 6.42 Å². The van der Waals surface area contributed by atoms with E-state index in [0.717, 1.165) is 69.5 Å². The van der Waals surface area contributed by atoms with Gasteiger partial charge < -0.3 is 14.9 Å². The molecule has 4 rings (SSSR count). The van der Waals surface area contributed by atoms with Crippen molar-refractivity contribution in [2.24, 2.45) is 5.92 Å². The first-order valence-electron chi connectivity index (χ1n) is 11.8. The number of hydrogen-bond acceptors (Lipinski definition) is 3. The number of hydrogen-bond donors (Lipinski definition) is 1. The highest BCUT2D eigenvalue weighted by Crippen LogP contribution is 2.41. The van der Waals surface area contributed by atoms with E-state index < -0.39 is 5.60 Å².